The second-order valence-corrected chi connectivity index (χ2v) is 3.89. The number of nitrogens with one attached hydrogen (secondary N) is 1. The summed E-state index contributed by atoms with van der Waals surface area (Å²) in [6.45, 7) is 3.07. The largest absolute Gasteiger partial charge is 0.383 e. The van der Waals surface area contributed by atoms with E-state index in [-0.39, 0.29) is 0 Å². The molecule has 0 saturated heterocycles. The lowest BCUT2D eigenvalue weighted by Gasteiger charge is -2.04. The Hall–Kier alpha value is -0.840. The number of unbranched alkanes of at least 4 members (excludes halogenated alkanes) is 2. The number of halogens is 1. The van der Waals surface area contributed by atoms with Gasteiger partial charge in [-0.15, -0.1) is 0 Å². The molecule has 0 aliphatic heterocycles. The molecule has 78 valence electrons. The average Bonchev–Trinajstić information content (AvgIpc) is 2.11. The minimum absolute atomic E-state index is 0.477. The maximum atomic E-state index is 5.57. The van der Waals surface area contributed by atoms with E-state index in [1.54, 1.807) is 6.07 Å². The normalized spacial score (nSPS) is 10.1. The lowest BCUT2D eigenvalue weighted by Crippen LogP contribution is -2.06. The molecule has 0 atom stereocenters. The molecule has 0 spiro atoms. The molecule has 1 aromatic rings. The Morgan fingerprint density at radius 3 is 2.86 bits per heavy atom. The van der Waals surface area contributed by atoms with E-state index in [1.807, 2.05) is 0 Å². The van der Waals surface area contributed by atoms with Crippen molar-refractivity contribution < 1.29 is 0 Å². The Morgan fingerprint density at radius 1 is 1.43 bits per heavy atom. The average molecular weight is 259 g/mol. The van der Waals surface area contributed by atoms with Crippen molar-refractivity contribution in [2.45, 2.75) is 26.2 Å². The first-order chi connectivity index (χ1) is 6.72. The summed E-state index contributed by atoms with van der Waals surface area (Å²) in [5.41, 5.74) is 5.57. The lowest BCUT2D eigenvalue weighted by atomic mass is 10.2. The van der Waals surface area contributed by atoms with Crippen molar-refractivity contribution in [1.82, 2.24) is 9.97 Å². The summed E-state index contributed by atoms with van der Waals surface area (Å²) in [6, 6.07) is 1.68. The second-order valence-electron chi connectivity index (χ2n) is 3.07. The van der Waals surface area contributed by atoms with Crippen LogP contribution in [0.3, 0.4) is 0 Å². The minimum Gasteiger partial charge on any atom is -0.383 e. The second kappa shape index (κ2) is 5.80. The van der Waals surface area contributed by atoms with Crippen molar-refractivity contribution in [2.24, 2.45) is 0 Å². The summed E-state index contributed by atoms with van der Waals surface area (Å²) in [6.07, 6.45) is 3.56. The Bertz CT molecular complexity index is 270. The molecule has 0 fully saturated rings. The zero-order chi connectivity index (χ0) is 10.4. The smallest absolute Gasteiger partial charge is 0.225 e. The zero-order valence-electron chi connectivity index (χ0n) is 8.26. The van der Waals surface area contributed by atoms with Crippen LogP contribution in [0, 0.1) is 0 Å². The predicted octanol–water partition coefficient (Wildman–Crippen LogP) is 2.42. The Kier molecular flexibility index (Phi) is 4.65. The number of hydrogen-bond donors (Lipinski definition) is 2. The van der Waals surface area contributed by atoms with Gasteiger partial charge in [0, 0.05) is 12.6 Å². The van der Waals surface area contributed by atoms with Crippen molar-refractivity contribution in [1.29, 1.82) is 0 Å². The third kappa shape index (κ3) is 3.91. The van der Waals surface area contributed by atoms with Crippen LogP contribution < -0.4 is 11.1 Å². The van der Waals surface area contributed by atoms with Gasteiger partial charge >= 0.3 is 0 Å². The van der Waals surface area contributed by atoms with E-state index >= 15 is 0 Å². The van der Waals surface area contributed by atoms with Crippen LogP contribution in [-0.2, 0) is 0 Å². The van der Waals surface area contributed by atoms with E-state index in [0.29, 0.717) is 16.4 Å². The van der Waals surface area contributed by atoms with Gasteiger partial charge in [0.25, 0.3) is 0 Å². The van der Waals surface area contributed by atoms with Crippen LogP contribution in [0.25, 0.3) is 0 Å². The van der Waals surface area contributed by atoms with E-state index in [1.165, 1.54) is 12.8 Å². The fraction of sp³-hybridized carbons (Fsp3) is 0.556. The summed E-state index contributed by atoms with van der Waals surface area (Å²) >= 11 is 3.26. The van der Waals surface area contributed by atoms with Gasteiger partial charge in [-0.25, -0.2) is 4.98 Å². The topological polar surface area (TPSA) is 63.8 Å². The van der Waals surface area contributed by atoms with E-state index in [2.05, 4.69) is 38.1 Å². The number of rotatable bonds is 5. The number of nitrogens with zero attached hydrogens (tertiary/aromatic N) is 2. The van der Waals surface area contributed by atoms with Crippen molar-refractivity contribution in [3.05, 3.63) is 10.7 Å². The van der Waals surface area contributed by atoms with Crippen LogP contribution in [0.15, 0.2) is 10.7 Å². The van der Waals surface area contributed by atoms with E-state index in [4.69, 9.17) is 5.73 Å². The zero-order valence-corrected chi connectivity index (χ0v) is 9.84. The first-order valence-corrected chi connectivity index (χ1v) is 5.55. The van der Waals surface area contributed by atoms with Crippen LogP contribution in [-0.4, -0.2) is 16.5 Å². The van der Waals surface area contributed by atoms with Gasteiger partial charge in [0.05, 0.1) is 0 Å². The third-order valence-corrected chi connectivity index (χ3v) is 2.18. The molecular formula is C9H15BrN4. The predicted molar refractivity (Wildman–Crippen MR) is 62.2 cm³/mol. The molecule has 0 amide bonds. The van der Waals surface area contributed by atoms with E-state index in [9.17, 15) is 0 Å². The first-order valence-electron chi connectivity index (χ1n) is 4.76. The highest BCUT2D eigenvalue weighted by atomic mass is 79.9. The molecule has 4 nitrogen and oxygen atoms in total. The summed E-state index contributed by atoms with van der Waals surface area (Å²) in [4.78, 5) is 8.20. The van der Waals surface area contributed by atoms with E-state index in [0.717, 1.165) is 13.0 Å². The van der Waals surface area contributed by atoms with Crippen LogP contribution in [0.1, 0.15) is 26.2 Å². The molecule has 0 saturated carbocycles. The quantitative estimate of drug-likeness (QED) is 0.629. The molecule has 0 aliphatic carbocycles. The molecule has 0 radical (unpaired) electrons. The maximum Gasteiger partial charge on any atom is 0.225 e. The van der Waals surface area contributed by atoms with Crippen LogP contribution >= 0.6 is 15.9 Å². The van der Waals surface area contributed by atoms with Crippen LogP contribution in [0.5, 0.6) is 0 Å². The monoisotopic (exact) mass is 258 g/mol. The third-order valence-electron chi connectivity index (χ3n) is 1.78. The summed E-state index contributed by atoms with van der Waals surface area (Å²) in [7, 11) is 0. The number of aromatic nitrogens is 2. The van der Waals surface area contributed by atoms with E-state index < -0.39 is 0 Å². The Balaban J connectivity index is 2.42. The maximum absolute atomic E-state index is 5.57. The van der Waals surface area contributed by atoms with Gasteiger partial charge in [-0.3, -0.25) is 0 Å². The summed E-state index contributed by atoms with van der Waals surface area (Å²) in [5, 5.41) is 3.13. The molecule has 1 rings (SSSR count). The molecule has 1 heterocycles. The Labute approximate surface area is 92.5 Å². The molecule has 0 aromatic carbocycles. The van der Waals surface area contributed by atoms with Crippen molar-refractivity contribution >= 4 is 27.7 Å². The van der Waals surface area contributed by atoms with Crippen molar-refractivity contribution in [2.75, 3.05) is 17.6 Å². The minimum atomic E-state index is 0.477. The van der Waals surface area contributed by atoms with Gasteiger partial charge in [-0.05, 0) is 22.4 Å². The summed E-state index contributed by atoms with van der Waals surface area (Å²) in [5.74, 6) is 1.07. The van der Waals surface area contributed by atoms with Gasteiger partial charge in [0.2, 0.25) is 5.95 Å². The van der Waals surface area contributed by atoms with Crippen molar-refractivity contribution in [3.8, 4) is 0 Å². The highest BCUT2D eigenvalue weighted by molar-refractivity contribution is 9.10. The number of nitrogens with two attached hydrogens (primary N) is 1. The first kappa shape index (κ1) is 11.2. The SMILES string of the molecule is CCCCCNc1nc(N)cc(Br)n1. The van der Waals surface area contributed by atoms with Crippen molar-refractivity contribution in [3.63, 3.8) is 0 Å². The highest BCUT2D eigenvalue weighted by Crippen LogP contribution is 2.12. The number of hydrogen-bond acceptors (Lipinski definition) is 4. The fourth-order valence-electron chi connectivity index (χ4n) is 1.09. The fourth-order valence-corrected chi connectivity index (χ4v) is 1.49. The molecule has 0 aliphatic rings. The summed E-state index contributed by atoms with van der Waals surface area (Å²) < 4.78 is 0.711. The van der Waals surface area contributed by atoms with Gasteiger partial charge in [-0.2, -0.15) is 4.98 Å². The van der Waals surface area contributed by atoms with Crippen LogP contribution in [0.4, 0.5) is 11.8 Å². The molecule has 14 heavy (non-hydrogen) atoms. The number of nitrogen functional groups attached to an aromatic ring is 1. The molecule has 0 unspecified atom stereocenters. The van der Waals surface area contributed by atoms with Gasteiger partial charge in [0.1, 0.15) is 10.4 Å². The molecule has 1 aromatic heterocycles. The molecule has 5 heteroatoms. The lowest BCUT2D eigenvalue weighted by molar-refractivity contribution is 0.740. The molecular weight excluding hydrogens is 244 g/mol. The van der Waals surface area contributed by atoms with Gasteiger partial charge in [0.15, 0.2) is 0 Å². The Morgan fingerprint density at radius 2 is 2.21 bits per heavy atom. The standard InChI is InChI=1S/C9H15BrN4/c1-2-3-4-5-12-9-13-7(10)6-8(11)14-9/h6H,2-5H2,1H3,(H3,11,12,13,14). The highest BCUT2D eigenvalue weighted by Gasteiger charge is 1.98. The van der Waals surface area contributed by atoms with Gasteiger partial charge < -0.3 is 11.1 Å². The van der Waals surface area contributed by atoms with Gasteiger partial charge in [-0.1, -0.05) is 19.8 Å². The molecule has 3 N–H and O–H groups in total. The molecule has 0 bridgehead atoms. The van der Waals surface area contributed by atoms with Crippen LogP contribution in [0.2, 0.25) is 0 Å². The number of anilines is 2.